The molecule has 0 fully saturated rings. The van der Waals surface area contributed by atoms with Crippen molar-refractivity contribution in [2.24, 2.45) is 5.92 Å². The first-order chi connectivity index (χ1) is 7.50. The Morgan fingerprint density at radius 2 is 2.12 bits per heavy atom. The zero-order valence-electron chi connectivity index (χ0n) is 10.4. The lowest BCUT2D eigenvalue weighted by molar-refractivity contribution is -0.124. The fourth-order valence-corrected chi connectivity index (χ4v) is 2.17. The maximum Gasteiger partial charge on any atom is 0.152 e. The van der Waals surface area contributed by atoms with Crippen LogP contribution < -0.4 is 5.32 Å². The summed E-state index contributed by atoms with van der Waals surface area (Å²) in [5, 5.41) is 5.32. The van der Waals surface area contributed by atoms with E-state index in [-0.39, 0.29) is 17.7 Å². The molecule has 0 unspecified atom stereocenters. The quantitative estimate of drug-likeness (QED) is 0.829. The second-order valence-electron chi connectivity index (χ2n) is 4.61. The Kier molecular flexibility index (Phi) is 5.09. The van der Waals surface area contributed by atoms with E-state index in [2.05, 4.69) is 24.1 Å². The second-order valence-corrected chi connectivity index (χ2v) is 5.33. The fourth-order valence-electron chi connectivity index (χ4n) is 1.59. The molecule has 0 bridgehead atoms. The van der Waals surface area contributed by atoms with Crippen molar-refractivity contribution in [3.63, 3.8) is 0 Å². The number of rotatable bonds is 6. The topological polar surface area (TPSA) is 42.0 Å². The van der Waals surface area contributed by atoms with E-state index in [1.807, 2.05) is 24.7 Å². The molecule has 4 heteroatoms. The summed E-state index contributed by atoms with van der Waals surface area (Å²) in [6.07, 6.45) is 0.693. The van der Waals surface area contributed by atoms with E-state index in [9.17, 15) is 4.79 Å². The summed E-state index contributed by atoms with van der Waals surface area (Å²) >= 11 is 1.57. The van der Waals surface area contributed by atoms with Crippen molar-refractivity contribution in [2.75, 3.05) is 0 Å². The summed E-state index contributed by atoms with van der Waals surface area (Å²) in [5.74, 6) is 0.330. The summed E-state index contributed by atoms with van der Waals surface area (Å²) in [6, 6.07) is 0.202. The van der Waals surface area contributed by atoms with Gasteiger partial charge in [-0.1, -0.05) is 27.7 Å². The molecule has 0 amide bonds. The van der Waals surface area contributed by atoms with Crippen molar-refractivity contribution in [1.82, 2.24) is 10.3 Å². The summed E-state index contributed by atoms with van der Waals surface area (Å²) in [6.45, 7) is 8.00. The standard InChI is InChI=1S/C12H20N2OS/c1-8(2)12(15)11(14-9(3)4)5-10-6-16-7-13-10/h6-9,11,14H,5H2,1-4H3/t11-/m0/s1. The van der Waals surface area contributed by atoms with Gasteiger partial charge in [-0.2, -0.15) is 0 Å². The van der Waals surface area contributed by atoms with Gasteiger partial charge in [-0.05, 0) is 0 Å². The van der Waals surface area contributed by atoms with E-state index in [4.69, 9.17) is 0 Å². The van der Waals surface area contributed by atoms with Gasteiger partial charge in [0.05, 0.1) is 17.2 Å². The number of ketones is 1. The lowest BCUT2D eigenvalue weighted by Crippen LogP contribution is -2.44. The van der Waals surface area contributed by atoms with Gasteiger partial charge in [-0.25, -0.2) is 4.98 Å². The van der Waals surface area contributed by atoms with E-state index in [1.165, 1.54) is 0 Å². The number of aromatic nitrogens is 1. The lowest BCUT2D eigenvalue weighted by Gasteiger charge is -2.21. The normalized spacial score (nSPS) is 13.4. The molecule has 16 heavy (non-hydrogen) atoms. The van der Waals surface area contributed by atoms with Crippen molar-refractivity contribution in [1.29, 1.82) is 0 Å². The molecule has 1 rings (SSSR count). The monoisotopic (exact) mass is 240 g/mol. The van der Waals surface area contributed by atoms with Gasteiger partial charge in [-0.3, -0.25) is 4.79 Å². The third kappa shape index (κ3) is 4.02. The first kappa shape index (κ1) is 13.3. The number of carbonyl (C=O) groups is 1. The molecule has 0 radical (unpaired) electrons. The predicted octanol–water partition coefficient (Wildman–Crippen LogP) is 2.28. The van der Waals surface area contributed by atoms with Crippen LogP contribution in [0, 0.1) is 5.92 Å². The summed E-state index contributed by atoms with van der Waals surface area (Å²) < 4.78 is 0. The van der Waals surface area contributed by atoms with Crippen LogP contribution in [0.15, 0.2) is 10.9 Å². The molecule has 0 saturated heterocycles. The highest BCUT2D eigenvalue weighted by Gasteiger charge is 2.22. The minimum atomic E-state index is -0.109. The molecule has 0 aliphatic carbocycles. The zero-order valence-corrected chi connectivity index (χ0v) is 11.2. The molecule has 1 aromatic heterocycles. The molecule has 3 nitrogen and oxygen atoms in total. The lowest BCUT2D eigenvalue weighted by atomic mass is 9.97. The first-order valence-corrected chi connectivity index (χ1v) is 6.61. The number of hydrogen-bond donors (Lipinski definition) is 1. The van der Waals surface area contributed by atoms with Crippen LogP contribution in [0.1, 0.15) is 33.4 Å². The van der Waals surface area contributed by atoms with E-state index in [0.29, 0.717) is 12.5 Å². The van der Waals surface area contributed by atoms with Crippen LogP contribution in [0.3, 0.4) is 0 Å². The number of Topliss-reactive ketones (excluding diaryl/α,β-unsaturated/α-hetero) is 1. The summed E-state index contributed by atoms with van der Waals surface area (Å²) in [4.78, 5) is 16.2. The second kappa shape index (κ2) is 6.11. The van der Waals surface area contributed by atoms with Gasteiger partial charge in [0.2, 0.25) is 0 Å². The molecular formula is C12H20N2OS. The average molecular weight is 240 g/mol. The number of nitrogens with one attached hydrogen (secondary N) is 1. The fraction of sp³-hybridized carbons (Fsp3) is 0.667. The number of hydrogen-bond acceptors (Lipinski definition) is 4. The summed E-state index contributed by atoms with van der Waals surface area (Å²) in [7, 11) is 0. The van der Waals surface area contributed by atoms with Crippen molar-refractivity contribution in [2.45, 2.75) is 46.2 Å². The largest absolute Gasteiger partial charge is 0.305 e. The van der Waals surface area contributed by atoms with Crippen LogP contribution in [0.4, 0.5) is 0 Å². The maximum atomic E-state index is 12.0. The summed E-state index contributed by atoms with van der Waals surface area (Å²) in [5.41, 5.74) is 2.80. The van der Waals surface area contributed by atoms with E-state index < -0.39 is 0 Å². The van der Waals surface area contributed by atoms with Gasteiger partial charge in [0.1, 0.15) is 0 Å². The third-order valence-corrected chi connectivity index (χ3v) is 2.98. The molecule has 1 N–H and O–H groups in total. The molecule has 90 valence electrons. The molecular weight excluding hydrogens is 220 g/mol. The minimum Gasteiger partial charge on any atom is -0.305 e. The van der Waals surface area contributed by atoms with Gasteiger partial charge in [-0.15, -0.1) is 11.3 Å². The van der Waals surface area contributed by atoms with Crippen molar-refractivity contribution in [3.05, 3.63) is 16.6 Å². The zero-order chi connectivity index (χ0) is 12.1. The van der Waals surface area contributed by atoms with Crippen molar-refractivity contribution < 1.29 is 4.79 Å². The molecule has 1 aromatic rings. The number of thiazole rings is 1. The SMILES string of the molecule is CC(C)N[C@@H](Cc1cscn1)C(=O)C(C)C. The molecule has 0 saturated carbocycles. The Balaban J connectivity index is 2.67. The highest BCUT2D eigenvalue weighted by Crippen LogP contribution is 2.09. The van der Waals surface area contributed by atoms with Crippen molar-refractivity contribution in [3.8, 4) is 0 Å². The highest BCUT2D eigenvalue weighted by atomic mass is 32.1. The van der Waals surface area contributed by atoms with Gasteiger partial charge >= 0.3 is 0 Å². The number of carbonyl (C=O) groups excluding carboxylic acids is 1. The van der Waals surface area contributed by atoms with Crippen LogP contribution in [-0.2, 0) is 11.2 Å². The van der Waals surface area contributed by atoms with E-state index >= 15 is 0 Å². The van der Waals surface area contributed by atoms with E-state index in [1.54, 1.807) is 11.3 Å². The third-order valence-electron chi connectivity index (χ3n) is 2.34. The average Bonchev–Trinajstić information content (AvgIpc) is 2.67. The van der Waals surface area contributed by atoms with Crippen LogP contribution in [-0.4, -0.2) is 22.9 Å². The smallest absolute Gasteiger partial charge is 0.152 e. The molecule has 0 aliphatic rings. The molecule has 0 aromatic carbocycles. The molecule has 0 aliphatic heterocycles. The van der Waals surface area contributed by atoms with Crippen LogP contribution in [0.5, 0.6) is 0 Å². The Bertz CT molecular complexity index is 320. The molecule has 0 spiro atoms. The van der Waals surface area contributed by atoms with Crippen LogP contribution >= 0.6 is 11.3 Å². The molecule has 1 heterocycles. The Morgan fingerprint density at radius 3 is 2.56 bits per heavy atom. The molecule has 1 atom stereocenters. The maximum absolute atomic E-state index is 12.0. The van der Waals surface area contributed by atoms with Gasteiger partial charge in [0.15, 0.2) is 5.78 Å². The van der Waals surface area contributed by atoms with E-state index in [0.717, 1.165) is 5.69 Å². The number of nitrogens with zero attached hydrogens (tertiary/aromatic N) is 1. The Hall–Kier alpha value is -0.740. The highest BCUT2D eigenvalue weighted by molar-refractivity contribution is 7.07. The van der Waals surface area contributed by atoms with Gasteiger partial charge < -0.3 is 5.32 Å². The van der Waals surface area contributed by atoms with Crippen LogP contribution in [0.2, 0.25) is 0 Å². The van der Waals surface area contributed by atoms with Crippen molar-refractivity contribution >= 4 is 17.1 Å². The minimum absolute atomic E-state index is 0.0647. The first-order valence-electron chi connectivity index (χ1n) is 5.67. The Morgan fingerprint density at radius 1 is 1.44 bits per heavy atom. The predicted molar refractivity (Wildman–Crippen MR) is 67.7 cm³/mol. The Labute approximate surface area is 101 Å². The van der Waals surface area contributed by atoms with Gasteiger partial charge in [0.25, 0.3) is 0 Å². The van der Waals surface area contributed by atoms with Gasteiger partial charge in [0, 0.05) is 23.8 Å². The van der Waals surface area contributed by atoms with Crippen LogP contribution in [0.25, 0.3) is 0 Å².